The molecule has 1 N–H and O–H groups in total. The summed E-state index contributed by atoms with van der Waals surface area (Å²) in [6.07, 6.45) is 9.04. The van der Waals surface area contributed by atoms with Crippen molar-refractivity contribution in [1.29, 1.82) is 0 Å². The maximum absolute atomic E-state index is 11.6. The molecule has 33 heavy (non-hydrogen) atoms. The molecule has 0 unspecified atom stereocenters. The Labute approximate surface area is 198 Å². The summed E-state index contributed by atoms with van der Waals surface area (Å²) in [6.45, 7) is 8.03. The molecule has 2 aromatic rings. The Morgan fingerprint density at radius 1 is 1.06 bits per heavy atom. The second-order valence-electron chi connectivity index (χ2n) is 9.02. The normalized spacial score (nSPS) is 14.2. The highest BCUT2D eigenvalue weighted by Crippen LogP contribution is 2.36. The number of aliphatic hydroxyl groups excluding tert-OH is 1. The molecule has 0 heterocycles. The van der Waals surface area contributed by atoms with Gasteiger partial charge in [-0.15, -0.1) is 0 Å². The van der Waals surface area contributed by atoms with Gasteiger partial charge in [-0.3, -0.25) is 0 Å². The van der Waals surface area contributed by atoms with Crippen molar-refractivity contribution in [3.05, 3.63) is 65.2 Å². The Kier molecular flexibility index (Phi) is 9.56. The van der Waals surface area contributed by atoms with Gasteiger partial charge in [0, 0.05) is 12.2 Å². The number of carbonyl (C=O) groups excluding carboxylic acids is 1. The summed E-state index contributed by atoms with van der Waals surface area (Å²) in [5.74, 6) is 1.07. The first kappa shape index (κ1) is 25.0. The molecule has 1 saturated carbocycles. The van der Waals surface area contributed by atoms with Crippen LogP contribution in [0.2, 0.25) is 0 Å². The lowest BCUT2D eigenvalue weighted by atomic mass is 9.82. The highest BCUT2D eigenvalue weighted by molar-refractivity contribution is 5.86. The summed E-state index contributed by atoms with van der Waals surface area (Å²) < 4.78 is 11.2. The van der Waals surface area contributed by atoms with Crippen molar-refractivity contribution < 1.29 is 19.4 Å². The number of aryl methyl sites for hydroxylation is 2. The van der Waals surface area contributed by atoms with E-state index in [1.165, 1.54) is 48.8 Å². The van der Waals surface area contributed by atoms with Gasteiger partial charge in [-0.1, -0.05) is 63.1 Å². The number of ether oxygens (including phenoxy) is 2. The summed E-state index contributed by atoms with van der Waals surface area (Å²) >= 11 is 0. The zero-order chi connectivity index (χ0) is 23.6. The van der Waals surface area contributed by atoms with Crippen LogP contribution in [0, 0.1) is 0 Å². The van der Waals surface area contributed by atoms with Crippen LogP contribution in [0.5, 0.6) is 5.75 Å². The number of hydrogen-bond acceptors (Lipinski definition) is 4. The molecule has 0 saturated heterocycles. The third-order valence-electron chi connectivity index (χ3n) is 6.49. The van der Waals surface area contributed by atoms with Crippen molar-refractivity contribution in [3.8, 4) is 16.9 Å². The molecule has 1 fully saturated rings. The van der Waals surface area contributed by atoms with Gasteiger partial charge in [-0.2, -0.15) is 0 Å². The van der Waals surface area contributed by atoms with Gasteiger partial charge in [0.15, 0.2) is 0 Å². The van der Waals surface area contributed by atoms with Crippen molar-refractivity contribution in [3.63, 3.8) is 0 Å². The fourth-order valence-corrected chi connectivity index (χ4v) is 4.62. The number of carbonyl (C=O) groups is 1. The Balaban J connectivity index is 1.80. The van der Waals surface area contributed by atoms with Crippen molar-refractivity contribution in [1.82, 2.24) is 0 Å². The summed E-state index contributed by atoms with van der Waals surface area (Å²) in [6, 6.07) is 13.3. The van der Waals surface area contributed by atoms with Crippen LogP contribution in [0.15, 0.2) is 48.6 Å². The third kappa shape index (κ3) is 6.94. The van der Waals surface area contributed by atoms with Crippen LogP contribution < -0.4 is 4.74 Å². The average molecular weight is 451 g/mol. The van der Waals surface area contributed by atoms with Gasteiger partial charge in [0.2, 0.25) is 0 Å². The smallest absolute Gasteiger partial charge is 0.333 e. The maximum atomic E-state index is 11.6. The highest BCUT2D eigenvalue weighted by Gasteiger charge is 2.17. The quantitative estimate of drug-likeness (QED) is 0.245. The second kappa shape index (κ2) is 12.6. The van der Waals surface area contributed by atoms with Gasteiger partial charge >= 0.3 is 5.97 Å². The van der Waals surface area contributed by atoms with Gasteiger partial charge < -0.3 is 14.6 Å². The van der Waals surface area contributed by atoms with Crippen LogP contribution >= 0.6 is 0 Å². The van der Waals surface area contributed by atoms with Crippen molar-refractivity contribution in [2.24, 2.45) is 0 Å². The number of hydrogen-bond donors (Lipinski definition) is 1. The second-order valence-corrected chi connectivity index (χ2v) is 9.02. The molecule has 4 nitrogen and oxygen atoms in total. The summed E-state index contributed by atoms with van der Waals surface area (Å²) in [5.41, 5.74) is 6.64. The first-order chi connectivity index (χ1) is 16.0. The molecule has 0 atom stereocenters. The molecule has 3 rings (SSSR count). The van der Waals surface area contributed by atoms with Gasteiger partial charge in [0.25, 0.3) is 0 Å². The first-order valence-corrected chi connectivity index (χ1v) is 12.4. The molecular formula is C29H38O4. The van der Waals surface area contributed by atoms with Crippen molar-refractivity contribution >= 4 is 5.97 Å². The molecule has 4 heteroatoms. The zero-order valence-corrected chi connectivity index (χ0v) is 20.2. The van der Waals surface area contributed by atoms with E-state index in [1.54, 1.807) is 6.92 Å². The van der Waals surface area contributed by atoms with Crippen molar-refractivity contribution in [2.75, 3.05) is 19.8 Å². The Morgan fingerprint density at radius 2 is 1.85 bits per heavy atom. The summed E-state index contributed by atoms with van der Waals surface area (Å²) in [5, 5.41) is 9.27. The van der Waals surface area contributed by atoms with E-state index in [2.05, 4.69) is 49.9 Å². The standard InChI is InChI=1S/C29H38O4/c1-4-22-19-25(23-9-6-5-7-10-23)14-15-27(22)26-13-12-24(11-8-16-30)28(20-26)32-17-18-33-29(31)21(2)3/h12-15,19-20,23,30H,2,4-11,16-18H2,1,3H3. The van der Waals surface area contributed by atoms with E-state index in [9.17, 15) is 9.90 Å². The first-order valence-electron chi connectivity index (χ1n) is 12.4. The van der Waals surface area contributed by atoms with Crippen LogP contribution in [0.25, 0.3) is 11.1 Å². The minimum Gasteiger partial charge on any atom is -0.490 e. The van der Waals surface area contributed by atoms with Gasteiger partial charge in [0.1, 0.15) is 19.0 Å². The van der Waals surface area contributed by atoms with Crippen LogP contribution in [-0.2, 0) is 22.4 Å². The minimum atomic E-state index is -0.404. The number of rotatable bonds is 11. The Bertz CT molecular complexity index is 941. The molecular weight excluding hydrogens is 412 g/mol. The molecule has 0 aliphatic heterocycles. The van der Waals surface area contributed by atoms with Crippen molar-refractivity contribution in [2.45, 2.75) is 71.1 Å². The number of benzene rings is 2. The van der Waals surface area contributed by atoms with Gasteiger partial charge in [-0.25, -0.2) is 4.79 Å². The Morgan fingerprint density at radius 3 is 2.55 bits per heavy atom. The molecule has 178 valence electrons. The topological polar surface area (TPSA) is 55.8 Å². The van der Waals surface area contributed by atoms with Gasteiger partial charge in [-0.05, 0) is 78.8 Å². The summed E-state index contributed by atoms with van der Waals surface area (Å²) in [7, 11) is 0. The molecule has 0 radical (unpaired) electrons. The van der Waals surface area contributed by atoms with Crippen LogP contribution in [-0.4, -0.2) is 30.9 Å². The molecule has 0 aromatic heterocycles. The van der Waals surface area contributed by atoms with Gasteiger partial charge in [0.05, 0.1) is 0 Å². The predicted octanol–water partition coefficient (Wildman–Crippen LogP) is 6.39. The van der Waals surface area contributed by atoms with E-state index >= 15 is 0 Å². The van der Waals surface area contributed by atoms with E-state index in [1.807, 2.05) is 0 Å². The lowest BCUT2D eigenvalue weighted by Gasteiger charge is -2.23. The maximum Gasteiger partial charge on any atom is 0.333 e. The van der Waals surface area contributed by atoms with Crippen LogP contribution in [0.1, 0.15) is 75.0 Å². The molecule has 0 bridgehead atoms. The number of esters is 1. The molecule has 1 aliphatic carbocycles. The Hall–Kier alpha value is -2.59. The number of aliphatic hydroxyl groups is 1. The molecule has 0 spiro atoms. The van der Waals surface area contributed by atoms with E-state index < -0.39 is 5.97 Å². The van der Waals surface area contributed by atoms with E-state index in [0.717, 1.165) is 29.7 Å². The molecule has 2 aromatic carbocycles. The lowest BCUT2D eigenvalue weighted by Crippen LogP contribution is -2.13. The monoisotopic (exact) mass is 450 g/mol. The largest absolute Gasteiger partial charge is 0.490 e. The molecule has 1 aliphatic rings. The third-order valence-corrected chi connectivity index (χ3v) is 6.49. The average Bonchev–Trinajstić information content (AvgIpc) is 2.85. The van der Waals surface area contributed by atoms with Crippen LogP contribution in [0.3, 0.4) is 0 Å². The lowest BCUT2D eigenvalue weighted by molar-refractivity contribution is -0.139. The fourth-order valence-electron chi connectivity index (χ4n) is 4.62. The van der Waals surface area contributed by atoms with E-state index in [4.69, 9.17) is 9.47 Å². The highest BCUT2D eigenvalue weighted by atomic mass is 16.6. The van der Waals surface area contributed by atoms with E-state index in [-0.39, 0.29) is 19.8 Å². The fraction of sp³-hybridized carbons (Fsp3) is 0.483. The van der Waals surface area contributed by atoms with E-state index in [0.29, 0.717) is 17.9 Å². The zero-order valence-electron chi connectivity index (χ0n) is 20.2. The molecule has 0 amide bonds. The van der Waals surface area contributed by atoms with Crippen LogP contribution in [0.4, 0.5) is 0 Å². The SMILES string of the molecule is C=C(C)C(=O)OCCOc1cc(-c2ccc(C3CCCCC3)cc2CC)ccc1CCCO. The summed E-state index contributed by atoms with van der Waals surface area (Å²) in [4.78, 5) is 11.6. The predicted molar refractivity (Wildman–Crippen MR) is 134 cm³/mol. The minimum absolute atomic E-state index is 0.139.